The van der Waals surface area contributed by atoms with E-state index in [2.05, 4.69) is 21.2 Å². The highest BCUT2D eigenvalue weighted by atomic mass is 79.9. The van der Waals surface area contributed by atoms with Crippen LogP contribution in [0.15, 0.2) is 22.7 Å². The van der Waals surface area contributed by atoms with Crippen molar-refractivity contribution in [2.45, 2.75) is 18.9 Å². The summed E-state index contributed by atoms with van der Waals surface area (Å²) in [6, 6.07) is 5.92. The molecule has 1 atom stereocenters. The maximum absolute atomic E-state index is 10.1. The molecule has 0 fully saturated rings. The Labute approximate surface area is 86.1 Å². The van der Waals surface area contributed by atoms with Gasteiger partial charge in [0.2, 0.25) is 0 Å². The Hall–Kier alpha value is -0.540. The average Bonchev–Trinajstić information content (AvgIpc) is 2.02. The summed E-state index contributed by atoms with van der Waals surface area (Å²) in [6.45, 7) is 2.69. The van der Waals surface area contributed by atoms with Crippen molar-refractivity contribution in [3.05, 3.63) is 28.2 Å². The summed E-state index contributed by atoms with van der Waals surface area (Å²) in [5, 5.41) is 13.4. The van der Waals surface area contributed by atoms with Crippen LogP contribution in [0.25, 0.3) is 0 Å². The molecule has 2 nitrogen and oxygen atoms in total. The van der Waals surface area contributed by atoms with Gasteiger partial charge in [0.1, 0.15) is 0 Å². The molecule has 0 spiro atoms. The van der Waals surface area contributed by atoms with Gasteiger partial charge < -0.3 is 10.4 Å². The molecule has 13 heavy (non-hydrogen) atoms. The van der Waals surface area contributed by atoms with Gasteiger partial charge in [0.25, 0.3) is 0 Å². The summed E-state index contributed by atoms with van der Waals surface area (Å²) in [7, 11) is 0. The van der Waals surface area contributed by atoms with Crippen LogP contribution in [0, 0.1) is 0 Å². The highest BCUT2D eigenvalue weighted by molar-refractivity contribution is 9.10. The largest absolute Gasteiger partial charge is 0.385 e. The van der Waals surface area contributed by atoms with Gasteiger partial charge in [-0.15, -0.1) is 0 Å². The van der Waals surface area contributed by atoms with E-state index in [1.807, 2.05) is 25.1 Å². The molecule has 70 valence electrons. The lowest BCUT2D eigenvalue weighted by atomic mass is 9.88. The second kappa shape index (κ2) is 3.00. The van der Waals surface area contributed by atoms with Crippen LogP contribution < -0.4 is 5.32 Å². The molecule has 1 aliphatic heterocycles. The van der Waals surface area contributed by atoms with Crippen LogP contribution >= 0.6 is 15.9 Å². The fourth-order valence-electron chi connectivity index (χ4n) is 1.78. The third-order valence-electron chi connectivity index (χ3n) is 2.48. The van der Waals surface area contributed by atoms with Crippen molar-refractivity contribution in [1.29, 1.82) is 0 Å². The number of nitrogens with one attached hydrogen (secondary N) is 1. The molecule has 3 heteroatoms. The molecule has 0 aliphatic carbocycles. The van der Waals surface area contributed by atoms with E-state index in [0.717, 1.165) is 28.7 Å². The molecule has 1 heterocycles. The maximum atomic E-state index is 10.1. The van der Waals surface area contributed by atoms with E-state index in [1.165, 1.54) is 0 Å². The van der Waals surface area contributed by atoms with Gasteiger partial charge in [-0.2, -0.15) is 0 Å². The third kappa shape index (κ3) is 1.46. The number of benzene rings is 1. The Balaban J connectivity index is 2.61. The SMILES string of the molecule is CC1(O)CCNc2cccc(Br)c21. The molecule has 0 amide bonds. The number of anilines is 1. The number of hydrogen-bond donors (Lipinski definition) is 2. The van der Waals surface area contributed by atoms with Gasteiger partial charge in [0.15, 0.2) is 0 Å². The predicted molar refractivity (Wildman–Crippen MR) is 56.8 cm³/mol. The van der Waals surface area contributed by atoms with Crippen LogP contribution in [0.1, 0.15) is 18.9 Å². The molecule has 0 saturated heterocycles. The highest BCUT2D eigenvalue weighted by Crippen LogP contribution is 2.39. The first-order valence-electron chi connectivity index (χ1n) is 4.36. The highest BCUT2D eigenvalue weighted by Gasteiger charge is 2.31. The normalized spacial score (nSPS) is 26.4. The minimum absolute atomic E-state index is 0.708. The molecule has 1 aromatic rings. The van der Waals surface area contributed by atoms with Crippen molar-refractivity contribution < 1.29 is 5.11 Å². The van der Waals surface area contributed by atoms with Gasteiger partial charge in [0, 0.05) is 22.3 Å². The lowest BCUT2D eigenvalue weighted by Gasteiger charge is -2.32. The summed E-state index contributed by atoms with van der Waals surface area (Å²) in [5.74, 6) is 0. The lowest BCUT2D eigenvalue weighted by Crippen LogP contribution is -2.31. The smallest absolute Gasteiger partial charge is 0.0916 e. The van der Waals surface area contributed by atoms with Gasteiger partial charge in [-0.05, 0) is 25.5 Å². The van der Waals surface area contributed by atoms with E-state index in [4.69, 9.17) is 0 Å². The maximum Gasteiger partial charge on any atom is 0.0916 e. The Morgan fingerprint density at radius 3 is 3.00 bits per heavy atom. The molecule has 2 N–H and O–H groups in total. The summed E-state index contributed by atoms with van der Waals surface area (Å²) in [6.07, 6.45) is 0.753. The molecule has 0 saturated carbocycles. The topological polar surface area (TPSA) is 32.3 Å². The van der Waals surface area contributed by atoms with E-state index in [-0.39, 0.29) is 0 Å². The van der Waals surface area contributed by atoms with Gasteiger partial charge in [-0.3, -0.25) is 0 Å². The lowest BCUT2D eigenvalue weighted by molar-refractivity contribution is 0.0481. The molecule has 1 aromatic carbocycles. The quantitative estimate of drug-likeness (QED) is 0.732. The average molecular weight is 242 g/mol. The minimum atomic E-state index is -0.708. The zero-order valence-corrected chi connectivity index (χ0v) is 9.06. The zero-order valence-electron chi connectivity index (χ0n) is 7.47. The van der Waals surface area contributed by atoms with Crippen molar-refractivity contribution in [3.63, 3.8) is 0 Å². The van der Waals surface area contributed by atoms with Crippen LogP contribution in [-0.4, -0.2) is 11.7 Å². The Morgan fingerprint density at radius 2 is 2.31 bits per heavy atom. The number of rotatable bonds is 0. The second-order valence-electron chi connectivity index (χ2n) is 3.61. The fourth-order valence-corrected chi connectivity index (χ4v) is 2.58. The van der Waals surface area contributed by atoms with E-state index in [0.29, 0.717) is 0 Å². The van der Waals surface area contributed by atoms with Crippen LogP contribution in [-0.2, 0) is 5.60 Å². The monoisotopic (exact) mass is 241 g/mol. The third-order valence-corrected chi connectivity index (χ3v) is 3.14. The zero-order chi connectivity index (χ0) is 9.47. The van der Waals surface area contributed by atoms with Crippen molar-refractivity contribution in [2.24, 2.45) is 0 Å². The van der Waals surface area contributed by atoms with Gasteiger partial charge in [-0.25, -0.2) is 0 Å². The predicted octanol–water partition coefficient (Wildman–Crippen LogP) is 2.47. The Bertz CT molecular complexity index is 336. The first kappa shape index (κ1) is 9.03. The van der Waals surface area contributed by atoms with Crippen LogP contribution in [0.2, 0.25) is 0 Å². The summed E-state index contributed by atoms with van der Waals surface area (Å²) < 4.78 is 0.974. The van der Waals surface area contributed by atoms with E-state index < -0.39 is 5.60 Å². The number of halogens is 1. The first-order valence-corrected chi connectivity index (χ1v) is 5.16. The van der Waals surface area contributed by atoms with Crippen molar-refractivity contribution >= 4 is 21.6 Å². The molecule has 0 bridgehead atoms. The van der Waals surface area contributed by atoms with Gasteiger partial charge in [0.05, 0.1) is 5.60 Å². The Morgan fingerprint density at radius 1 is 1.54 bits per heavy atom. The molecular formula is C10H12BrNO. The van der Waals surface area contributed by atoms with E-state index >= 15 is 0 Å². The number of hydrogen-bond acceptors (Lipinski definition) is 2. The van der Waals surface area contributed by atoms with Crippen LogP contribution in [0.4, 0.5) is 5.69 Å². The number of fused-ring (bicyclic) bond motifs is 1. The summed E-state index contributed by atoms with van der Waals surface area (Å²) in [4.78, 5) is 0. The van der Waals surface area contributed by atoms with Crippen molar-refractivity contribution in [1.82, 2.24) is 0 Å². The fraction of sp³-hybridized carbons (Fsp3) is 0.400. The van der Waals surface area contributed by atoms with Crippen LogP contribution in [0.5, 0.6) is 0 Å². The standard InChI is InChI=1S/C10H12BrNO/c1-10(13)5-6-12-8-4-2-3-7(11)9(8)10/h2-4,12-13H,5-6H2,1H3. The molecule has 0 radical (unpaired) electrons. The minimum Gasteiger partial charge on any atom is -0.385 e. The van der Waals surface area contributed by atoms with Gasteiger partial charge >= 0.3 is 0 Å². The second-order valence-corrected chi connectivity index (χ2v) is 4.47. The first-order chi connectivity index (χ1) is 6.11. The molecule has 2 rings (SSSR count). The summed E-state index contributed by atoms with van der Waals surface area (Å²) in [5.41, 5.74) is 1.30. The van der Waals surface area contributed by atoms with Crippen LogP contribution in [0.3, 0.4) is 0 Å². The van der Waals surface area contributed by atoms with E-state index in [9.17, 15) is 5.11 Å². The van der Waals surface area contributed by atoms with E-state index in [1.54, 1.807) is 0 Å². The van der Waals surface area contributed by atoms with Gasteiger partial charge in [-0.1, -0.05) is 22.0 Å². The Kier molecular flexibility index (Phi) is 2.08. The molecule has 0 aromatic heterocycles. The molecule has 1 unspecified atom stereocenters. The van der Waals surface area contributed by atoms with Crippen molar-refractivity contribution in [3.8, 4) is 0 Å². The molecular weight excluding hydrogens is 230 g/mol. The van der Waals surface area contributed by atoms with Crippen molar-refractivity contribution in [2.75, 3.05) is 11.9 Å². The number of aliphatic hydroxyl groups is 1. The molecule has 1 aliphatic rings. The summed E-state index contributed by atoms with van der Waals surface area (Å²) >= 11 is 3.46.